The number of H-pyrrole nitrogens is 1. The summed E-state index contributed by atoms with van der Waals surface area (Å²) in [4.78, 5) is 15.6. The molecule has 3 rings (SSSR count). The van der Waals surface area contributed by atoms with Crippen molar-refractivity contribution in [3.63, 3.8) is 0 Å². The summed E-state index contributed by atoms with van der Waals surface area (Å²) in [6.07, 6.45) is 1.04. The lowest BCUT2D eigenvalue weighted by molar-refractivity contribution is 0.101. The Balaban J connectivity index is 2.30. The highest BCUT2D eigenvalue weighted by Gasteiger charge is 2.22. The average Bonchev–Trinajstić information content (AvgIpc) is 2.85. The zero-order valence-electron chi connectivity index (χ0n) is 12.6. The molecular weight excluding hydrogens is 414 g/mol. The molecule has 0 spiro atoms. The van der Waals surface area contributed by atoms with E-state index in [-0.39, 0.29) is 5.69 Å². The van der Waals surface area contributed by atoms with Crippen LogP contribution in [0.3, 0.4) is 0 Å². The second-order valence-electron chi connectivity index (χ2n) is 5.55. The molecule has 0 bridgehead atoms. The van der Waals surface area contributed by atoms with Crippen LogP contribution < -0.4 is 0 Å². The number of hydrogen-bond donors (Lipinski definition) is 1. The number of hydrogen-bond acceptors (Lipinski definition) is 3. The van der Waals surface area contributed by atoms with E-state index in [0.717, 1.165) is 17.2 Å². The number of aromatic amines is 1. The van der Waals surface area contributed by atoms with Crippen LogP contribution in [0.25, 0.3) is 22.0 Å². The summed E-state index contributed by atoms with van der Waals surface area (Å²) in [6, 6.07) is 12.9. The molecular formula is C17H13BrClNO3S. The highest BCUT2D eigenvalue weighted by Crippen LogP contribution is 2.37. The smallest absolute Gasteiger partial charge is 0.194 e. The zero-order valence-corrected chi connectivity index (χ0v) is 15.8. The average molecular weight is 427 g/mol. The van der Waals surface area contributed by atoms with Crippen molar-refractivity contribution in [2.75, 3.05) is 12.0 Å². The van der Waals surface area contributed by atoms with Crippen molar-refractivity contribution in [1.29, 1.82) is 0 Å². The lowest BCUT2D eigenvalue weighted by Crippen LogP contribution is -2.15. The Labute approximate surface area is 152 Å². The molecule has 0 aliphatic rings. The van der Waals surface area contributed by atoms with Crippen molar-refractivity contribution in [3.8, 4) is 11.1 Å². The number of fused-ring (bicyclic) bond motifs is 1. The van der Waals surface area contributed by atoms with E-state index in [1.807, 2.05) is 36.4 Å². The predicted molar refractivity (Wildman–Crippen MR) is 100 cm³/mol. The van der Waals surface area contributed by atoms with Crippen LogP contribution in [0.2, 0.25) is 5.02 Å². The standard InChI is InChI=1S/C17H13BrClNO3S/c1-24(22,23)9-15(21)17-16(10-5-3-2-4-6-10)11-7-12(18)13(19)8-14(11)20-17/h2-8,20H,9H2,1H3. The lowest BCUT2D eigenvalue weighted by Gasteiger charge is -2.05. The van der Waals surface area contributed by atoms with Gasteiger partial charge in [-0.25, -0.2) is 8.42 Å². The molecule has 0 unspecified atom stereocenters. The molecule has 24 heavy (non-hydrogen) atoms. The van der Waals surface area contributed by atoms with Crippen molar-refractivity contribution in [3.05, 3.63) is 57.7 Å². The Morgan fingerprint density at radius 2 is 1.88 bits per heavy atom. The number of Topliss-reactive ketones (excluding diaryl/α,β-unsaturated/α-hetero) is 1. The summed E-state index contributed by atoms with van der Waals surface area (Å²) in [5.74, 6) is -1.02. The van der Waals surface area contributed by atoms with E-state index in [1.54, 1.807) is 6.07 Å². The number of benzene rings is 2. The van der Waals surface area contributed by atoms with E-state index < -0.39 is 21.4 Å². The fraction of sp³-hybridized carbons (Fsp3) is 0.118. The Kier molecular flexibility index (Phi) is 4.55. The first-order valence-corrected chi connectivity index (χ1v) is 10.3. The predicted octanol–water partition coefficient (Wildman–Crippen LogP) is 4.48. The lowest BCUT2D eigenvalue weighted by atomic mass is 10.0. The van der Waals surface area contributed by atoms with Gasteiger partial charge < -0.3 is 4.98 Å². The number of sulfone groups is 1. The van der Waals surface area contributed by atoms with Crippen molar-refractivity contribution >= 4 is 54.1 Å². The van der Waals surface area contributed by atoms with Crippen molar-refractivity contribution in [2.24, 2.45) is 0 Å². The summed E-state index contributed by atoms with van der Waals surface area (Å²) < 4.78 is 23.7. The monoisotopic (exact) mass is 425 g/mol. The first kappa shape index (κ1) is 17.2. The van der Waals surface area contributed by atoms with Crippen LogP contribution in [-0.2, 0) is 9.84 Å². The molecule has 0 radical (unpaired) electrons. The van der Waals surface area contributed by atoms with E-state index >= 15 is 0 Å². The van der Waals surface area contributed by atoms with Crippen LogP contribution in [0.4, 0.5) is 0 Å². The minimum absolute atomic E-state index is 0.274. The Bertz CT molecular complexity index is 1040. The van der Waals surface area contributed by atoms with E-state index in [0.29, 0.717) is 20.6 Å². The third-order valence-corrected chi connectivity index (χ3v) is 5.56. The van der Waals surface area contributed by atoms with Crippen LogP contribution in [0.1, 0.15) is 10.5 Å². The first-order chi connectivity index (χ1) is 11.3. The van der Waals surface area contributed by atoms with Gasteiger partial charge in [0, 0.05) is 27.2 Å². The van der Waals surface area contributed by atoms with Gasteiger partial charge in [-0.1, -0.05) is 41.9 Å². The normalized spacial score (nSPS) is 11.8. The van der Waals surface area contributed by atoms with Gasteiger partial charge in [-0.05, 0) is 33.6 Å². The van der Waals surface area contributed by atoms with Crippen molar-refractivity contribution in [2.45, 2.75) is 0 Å². The van der Waals surface area contributed by atoms with Gasteiger partial charge in [0.15, 0.2) is 15.6 Å². The van der Waals surface area contributed by atoms with Gasteiger partial charge in [0.05, 0.1) is 10.7 Å². The van der Waals surface area contributed by atoms with Crippen LogP contribution >= 0.6 is 27.5 Å². The second-order valence-corrected chi connectivity index (χ2v) is 8.95. The van der Waals surface area contributed by atoms with Crippen LogP contribution in [-0.4, -0.2) is 31.2 Å². The molecule has 0 saturated heterocycles. The molecule has 2 aromatic carbocycles. The third-order valence-electron chi connectivity index (χ3n) is 3.57. The first-order valence-electron chi connectivity index (χ1n) is 7.03. The van der Waals surface area contributed by atoms with Gasteiger partial charge in [0.25, 0.3) is 0 Å². The molecule has 3 aromatic rings. The van der Waals surface area contributed by atoms with Gasteiger partial charge in [-0.2, -0.15) is 0 Å². The highest BCUT2D eigenvalue weighted by molar-refractivity contribution is 9.10. The summed E-state index contributed by atoms with van der Waals surface area (Å²) in [6.45, 7) is 0. The SMILES string of the molecule is CS(=O)(=O)CC(=O)c1[nH]c2cc(Cl)c(Br)cc2c1-c1ccccc1. The van der Waals surface area contributed by atoms with Gasteiger partial charge >= 0.3 is 0 Å². The van der Waals surface area contributed by atoms with Gasteiger partial charge in [-0.3, -0.25) is 4.79 Å². The Morgan fingerprint density at radius 1 is 1.21 bits per heavy atom. The minimum atomic E-state index is -3.43. The van der Waals surface area contributed by atoms with Crippen LogP contribution in [0.5, 0.6) is 0 Å². The number of rotatable bonds is 4. The number of aromatic nitrogens is 1. The molecule has 4 nitrogen and oxygen atoms in total. The van der Waals surface area contributed by atoms with E-state index in [1.165, 1.54) is 0 Å². The molecule has 0 aliphatic carbocycles. The molecule has 0 saturated carbocycles. The van der Waals surface area contributed by atoms with E-state index in [2.05, 4.69) is 20.9 Å². The molecule has 1 aromatic heterocycles. The molecule has 124 valence electrons. The van der Waals surface area contributed by atoms with Crippen LogP contribution in [0.15, 0.2) is 46.9 Å². The summed E-state index contributed by atoms with van der Waals surface area (Å²) in [7, 11) is -3.43. The Hall–Kier alpha value is -1.63. The number of carbonyl (C=O) groups is 1. The topological polar surface area (TPSA) is 67.0 Å². The largest absolute Gasteiger partial charge is 0.352 e. The number of carbonyl (C=O) groups excluding carboxylic acids is 1. The van der Waals surface area contributed by atoms with Crippen LogP contribution in [0, 0.1) is 0 Å². The van der Waals surface area contributed by atoms with Gasteiger partial charge in [0.2, 0.25) is 0 Å². The second kappa shape index (κ2) is 6.35. The molecule has 1 N–H and O–H groups in total. The molecule has 1 heterocycles. The van der Waals surface area contributed by atoms with E-state index in [9.17, 15) is 13.2 Å². The van der Waals surface area contributed by atoms with Gasteiger partial charge in [-0.15, -0.1) is 0 Å². The Morgan fingerprint density at radius 3 is 2.50 bits per heavy atom. The maximum atomic E-state index is 12.5. The summed E-state index contributed by atoms with van der Waals surface area (Å²) in [5, 5.41) is 1.31. The maximum absolute atomic E-state index is 12.5. The summed E-state index contributed by atoms with van der Waals surface area (Å²) in [5.41, 5.74) is 2.46. The van der Waals surface area contributed by atoms with Crippen molar-refractivity contribution < 1.29 is 13.2 Å². The molecule has 0 aliphatic heterocycles. The number of halogens is 2. The maximum Gasteiger partial charge on any atom is 0.194 e. The quantitative estimate of drug-likeness (QED) is 0.626. The third kappa shape index (κ3) is 3.41. The molecule has 0 amide bonds. The number of nitrogens with one attached hydrogen (secondary N) is 1. The highest BCUT2D eigenvalue weighted by atomic mass is 79.9. The van der Waals surface area contributed by atoms with E-state index in [4.69, 9.17) is 11.6 Å². The number of ketones is 1. The fourth-order valence-electron chi connectivity index (χ4n) is 2.61. The van der Waals surface area contributed by atoms with Crippen molar-refractivity contribution in [1.82, 2.24) is 4.98 Å². The molecule has 0 fully saturated rings. The fourth-order valence-corrected chi connectivity index (χ4v) is 3.74. The molecule has 0 atom stereocenters. The molecule has 7 heteroatoms. The van der Waals surface area contributed by atoms with Gasteiger partial charge in [0.1, 0.15) is 5.75 Å². The summed E-state index contributed by atoms with van der Waals surface area (Å²) >= 11 is 9.53. The minimum Gasteiger partial charge on any atom is -0.352 e. The zero-order chi connectivity index (χ0) is 17.5.